The molecular weight excluding hydrogens is 208 g/mol. The third kappa shape index (κ3) is 3.30. The molecule has 1 N–H and O–H groups in total. The van der Waals surface area contributed by atoms with Gasteiger partial charge in [-0.2, -0.15) is 0 Å². The van der Waals surface area contributed by atoms with Crippen LogP contribution in [0.2, 0.25) is 0 Å². The molecule has 16 heavy (non-hydrogen) atoms. The highest BCUT2D eigenvalue weighted by Gasteiger charge is 2.11. The highest BCUT2D eigenvalue weighted by Crippen LogP contribution is 2.05. The third-order valence-corrected chi connectivity index (χ3v) is 2.71. The number of aromatic nitrogens is 1. The Morgan fingerprint density at radius 3 is 2.88 bits per heavy atom. The normalized spacial score (nSPS) is 17.8. The zero-order valence-corrected chi connectivity index (χ0v) is 9.39. The molecule has 0 saturated carbocycles. The molecule has 2 heterocycles. The summed E-state index contributed by atoms with van der Waals surface area (Å²) in [6, 6.07) is 0. The van der Waals surface area contributed by atoms with Crippen molar-refractivity contribution in [3.05, 3.63) is 17.8 Å². The number of ether oxygens (including phenoxy) is 1. The van der Waals surface area contributed by atoms with E-state index in [0.29, 0.717) is 6.42 Å². The summed E-state index contributed by atoms with van der Waals surface area (Å²) in [6.45, 7) is 4.70. The van der Waals surface area contributed by atoms with Gasteiger partial charge in [-0.25, -0.2) is 4.98 Å². The van der Waals surface area contributed by atoms with Crippen molar-refractivity contribution in [1.29, 1.82) is 0 Å². The maximum absolute atomic E-state index is 8.76. The lowest BCUT2D eigenvalue weighted by molar-refractivity contribution is 0.0377. The molecule has 1 aromatic heterocycles. The maximum Gasteiger partial charge on any atom is 0.195 e. The lowest BCUT2D eigenvalue weighted by atomic mass is 10.3. The summed E-state index contributed by atoms with van der Waals surface area (Å²) in [4.78, 5) is 6.65. The van der Waals surface area contributed by atoms with Crippen LogP contribution in [-0.2, 0) is 17.6 Å². The van der Waals surface area contributed by atoms with Gasteiger partial charge >= 0.3 is 0 Å². The Hall–Kier alpha value is -0.910. The van der Waals surface area contributed by atoms with E-state index in [9.17, 15) is 0 Å². The molecule has 1 aliphatic rings. The van der Waals surface area contributed by atoms with Crippen LogP contribution in [0.25, 0.3) is 0 Å². The summed E-state index contributed by atoms with van der Waals surface area (Å²) in [6.07, 6.45) is 3.03. The van der Waals surface area contributed by atoms with Crippen molar-refractivity contribution >= 4 is 0 Å². The Labute approximate surface area is 95.0 Å². The van der Waals surface area contributed by atoms with Crippen LogP contribution in [0.15, 0.2) is 10.7 Å². The first-order valence-electron chi connectivity index (χ1n) is 5.73. The van der Waals surface area contributed by atoms with Gasteiger partial charge in [0.2, 0.25) is 0 Å². The van der Waals surface area contributed by atoms with Gasteiger partial charge in [0, 0.05) is 39.1 Å². The van der Waals surface area contributed by atoms with E-state index in [1.807, 2.05) is 0 Å². The molecule has 90 valence electrons. The first-order chi connectivity index (χ1) is 7.88. The number of oxazole rings is 1. The van der Waals surface area contributed by atoms with Crippen molar-refractivity contribution in [2.24, 2.45) is 0 Å². The molecule has 1 aliphatic heterocycles. The Balaban J connectivity index is 1.75. The molecule has 0 unspecified atom stereocenters. The van der Waals surface area contributed by atoms with Crippen molar-refractivity contribution in [2.45, 2.75) is 12.8 Å². The minimum Gasteiger partial charge on any atom is -0.449 e. The van der Waals surface area contributed by atoms with Gasteiger partial charge in [0.05, 0.1) is 18.9 Å². The first-order valence-corrected chi connectivity index (χ1v) is 5.73. The minimum atomic E-state index is 0.120. The average Bonchev–Trinajstić information content (AvgIpc) is 2.76. The summed E-state index contributed by atoms with van der Waals surface area (Å²) in [5.41, 5.74) is 0.833. The molecule has 1 saturated heterocycles. The number of rotatable bonds is 5. The number of aliphatic hydroxyl groups is 1. The predicted octanol–water partition coefficient (Wildman–Crippen LogP) is 0.0841. The molecule has 0 aromatic carbocycles. The lowest BCUT2D eigenvalue weighted by Crippen LogP contribution is -2.37. The minimum absolute atomic E-state index is 0.120. The van der Waals surface area contributed by atoms with Crippen LogP contribution in [0.3, 0.4) is 0 Å². The van der Waals surface area contributed by atoms with E-state index in [-0.39, 0.29) is 6.61 Å². The van der Waals surface area contributed by atoms with Crippen molar-refractivity contribution < 1.29 is 14.3 Å². The number of hydrogen-bond donors (Lipinski definition) is 1. The number of hydrogen-bond acceptors (Lipinski definition) is 5. The smallest absolute Gasteiger partial charge is 0.195 e. The molecule has 0 spiro atoms. The summed E-state index contributed by atoms with van der Waals surface area (Å²) in [7, 11) is 0. The molecule has 1 aromatic rings. The van der Waals surface area contributed by atoms with Crippen LogP contribution in [0.5, 0.6) is 0 Å². The van der Waals surface area contributed by atoms with Gasteiger partial charge < -0.3 is 14.3 Å². The second-order valence-corrected chi connectivity index (χ2v) is 3.91. The molecule has 0 aliphatic carbocycles. The van der Waals surface area contributed by atoms with Crippen molar-refractivity contribution in [2.75, 3.05) is 39.5 Å². The molecule has 0 atom stereocenters. The van der Waals surface area contributed by atoms with E-state index >= 15 is 0 Å². The predicted molar refractivity (Wildman–Crippen MR) is 58.3 cm³/mol. The molecule has 0 amide bonds. The van der Waals surface area contributed by atoms with E-state index in [1.54, 1.807) is 6.26 Å². The summed E-state index contributed by atoms with van der Waals surface area (Å²) in [5.74, 6) is 0.759. The molecular formula is C11H18N2O3. The largest absolute Gasteiger partial charge is 0.449 e. The summed E-state index contributed by atoms with van der Waals surface area (Å²) < 4.78 is 10.6. The van der Waals surface area contributed by atoms with Gasteiger partial charge in [-0.05, 0) is 0 Å². The van der Waals surface area contributed by atoms with Crippen LogP contribution < -0.4 is 0 Å². The first kappa shape index (κ1) is 11.6. The standard InChI is InChI=1S/C11H18N2O3/c14-6-2-10-9-16-11(12-10)1-3-13-4-7-15-8-5-13/h9,14H,1-8H2. The highest BCUT2D eigenvalue weighted by atomic mass is 16.5. The fourth-order valence-electron chi connectivity index (χ4n) is 1.77. The van der Waals surface area contributed by atoms with Gasteiger partial charge in [-0.15, -0.1) is 0 Å². The van der Waals surface area contributed by atoms with Crippen LogP contribution in [-0.4, -0.2) is 54.4 Å². The average molecular weight is 226 g/mol. The Kier molecular flexibility index (Phi) is 4.33. The van der Waals surface area contributed by atoms with Crippen LogP contribution >= 0.6 is 0 Å². The zero-order valence-electron chi connectivity index (χ0n) is 9.39. The van der Waals surface area contributed by atoms with Gasteiger partial charge in [-0.1, -0.05) is 0 Å². The van der Waals surface area contributed by atoms with Crippen LogP contribution in [0, 0.1) is 0 Å². The lowest BCUT2D eigenvalue weighted by Gasteiger charge is -2.25. The quantitative estimate of drug-likeness (QED) is 0.770. The monoisotopic (exact) mass is 226 g/mol. The second-order valence-electron chi connectivity index (χ2n) is 3.91. The van der Waals surface area contributed by atoms with E-state index in [2.05, 4.69) is 9.88 Å². The van der Waals surface area contributed by atoms with E-state index < -0.39 is 0 Å². The zero-order chi connectivity index (χ0) is 11.2. The number of nitrogens with zero attached hydrogens (tertiary/aromatic N) is 2. The van der Waals surface area contributed by atoms with Gasteiger partial charge in [0.15, 0.2) is 5.89 Å². The summed E-state index contributed by atoms with van der Waals surface area (Å²) in [5, 5.41) is 8.76. The fraction of sp³-hybridized carbons (Fsp3) is 0.727. The number of aliphatic hydroxyl groups excluding tert-OH is 1. The van der Waals surface area contributed by atoms with Crippen LogP contribution in [0.1, 0.15) is 11.6 Å². The third-order valence-electron chi connectivity index (χ3n) is 2.71. The van der Waals surface area contributed by atoms with Crippen molar-refractivity contribution in [1.82, 2.24) is 9.88 Å². The second kappa shape index (κ2) is 5.98. The fourth-order valence-corrected chi connectivity index (χ4v) is 1.77. The molecule has 5 nitrogen and oxygen atoms in total. The van der Waals surface area contributed by atoms with E-state index in [4.69, 9.17) is 14.3 Å². The van der Waals surface area contributed by atoms with E-state index in [0.717, 1.165) is 50.9 Å². The number of morpholine rings is 1. The van der Waals surface area contributed by atoms with Crippen molar-refractivity contribution in [3.63, 3.8) is 0 Å². The Morgan fingerprint density at radius 1 is 1.31 bits per heavy atom. The summed E-state index contributed by atoms with van der Waals surface area (Å²) >= 11 is 0. The van der Waals surface area contributed by atoms with Gasteiger partial charge in [0.25, 0.3) is 0 Å². The van der Waals surface area contributed by atoms with Gasteiger partial charge in [0.1, 0.15) is 6.26 Å². The molecule has 0 bridgehead atoms. The van der Waals surface area contributed by atoms with Gasteiger partial charge in [-0.3, -0.25) is 4.90 Å². The Morgan fingerprint density at radius 2 is 2.12 bits per heavy atom. The SMILES string of the molecule is OCCc1coc(CCN2CCOCC2)n1. The van der Waals surface area contributed by atoms with Crippen LogP contribution in [0.4, 0.5) is 0 Å². The molecule has 5 heteroatoms. The topological polar surface area (TPSA) is 58.7 Å². The molecule has 0 radical (unpaired) electrons. The molecule has 2 rings (SSSR count). The highest BCUT2D eigenvalue weighted by molar-refractivity contribution is 4.97. The Bertz CT molecular complexity index is 308. The maximum atomic E-state index is 8.76. The molecule has 1 fully saturated rings. The van der Waals surface area contributed by atoms with E-state index in [1.165, 1.54) is 0 Å². The van der Waals surface area contributed by atoms with Crippen molar-refractivity contribution in [3.8, 4) is 0 Å².